The van der Waals surface area contributed by atoms with Gasteiger partial charge in [-0.05, 0) is 45.7 Å². The highest BCUT2D eigenvalue weighted by Gasteiger charge is 2.22. The van der Waals surface area contributed by atoms with Gasteiger partial charge in [-0.2, -0.15) is 0 Å². The molecule has 0 saturated carbocycles. The molecule has 1 unspecified atom stereocenters. The lowest BCUT2D eigenvalue weighted by Crippen LogP contribution is -2.33. The summed E-state index contributed by atoms with van der Waals surface area (Å²) in [5, 5.41) is 4.50. The van der Waals surface area contributed by atoms with E-state index in [2.05, 4.69) is 15.6 Å². The van der Waals surface area contributed by atoms with E-state index in [-0.39, 0.29) is 0 Å². The molecule has 4 rings (SSSR count). The van der Waals surface area contributed by atoms with Crippen LogP contribution in [0.15, 0.2) is 21.1 Å². The summed E-state index contributed by atoms with van der Waals surface area (Å²) in [7, 11) is 0. The van der Waals surface area contributed by atoms with E-state index in [0.717, 1.165) is 30.6 Å². The highest BCUT2D eigenvalue weighted by molar-refractivity contribution is 6.06. The Kier molecular flexibility index (Phi) is 4.67. The average Bonchev–Trinajstić information content (AvgIpc) is 3.21. The summed E-state index contributed by atoms with van der Waals surface area (Å²) in [6.07, 6.45) is 2.33. The number of pyridine rings is 1. The van der Waals surface area contributed by atoms with Crippen molar-refractivity contribution in [3.8, 4) is 11.3 Å². The minimum atomic E-state index is -0.429. The van der Waals surface area contributed by atoms with E-state index in [9.17, 15) is 4.79 Å². The molecule has 3 aromatic rings. The smallest absolute Gasteiger partial charge is 0.275 e. The van der Waals surface area contributed by atoms with Crippen molar-refractivity contribution in [1.82, 2.24) is 15.6 Å². The number of rotatable bonds is 4. The van der Waals surface area contributed by atoms with E-state index < -0.39 is 12.2 Å². The van der Waals surface area contributed by atoms with Crippen molar-refractivity contribution >= 4 is 17.0 Å². The minimum Gasteiger partial charge on any atom is -0.466 e. The molecule has 1 N–H and O–H groups in total. The van der Waals surface area contributed by atoms with E-state index in [4.69, 9.17) is 18.5 Å². The molecule has 0 aromatic carbocycles. The Morgan fingerprint density at radius 3 is 2.81 bits per heavy atom. The second-order valence-corrected chi connectivity index (χ2v) is 6.68. The number of hydroxylamine groups is 1. The van der Waals surface area contributed by atoms with Gasteiger partial charge in [0.05, 0.1) is 22.3 Å². The SMILES string of the molecule is Cc1cc(-c2cc(C(=O)NOC3CCCCO3)c3c(C)noc3n2)c(C)o1. The van der Waals surface area contributed by atoms with Crippen molar-refractivity contribution in [3.63, 3.8) is 0 Å². The second kappa shape index (κ2) is 7.13. The van der Waals surface area contributed by atoms with Crippen LogP contribution in [0, 0.1) is 20.8 Å². The zero-order chi connectivity index (χ0) is 19.0. The third-order valence-corrected chi connectivity index (χ3v) is 4.60. The number of amides is 1. The Hall–Kier alpha value is -2.71. The molecular weight excluding hydrogens is 350 g/mol. The Morgan fingerprint density at radius 1 is 1.26 bits per heavy atom. The third kappa shape index (κ3) is 3.45. The van der Waals surface area contributed by atoms with Gasteiger partial charge in [0.25, 0.3) is 11.6 Å². The maximum absolute atomic E-state index is 12.8. The number of hydrogen-bond donors (Lipinski definition) is 1. The van der Waals surface area contributed by atoms with Crippen LogP contribution in [0.2, 0.25) is 0 Å². The number of carbonyl (C=O) groups is 1. The molecule has 1 atom stereocenters. The fourth-order valence-corrected chi connectivity index (χ4v) is 3.28. The number of nitrogens with zero attached hydrogens (tertiary/aromatic N) is 2. The van der Waals surface area contributed by atoms with Crippen LogP contribution in [-0.4, -0.2) is 28.9 Å². The van der Waals surface area contributed by atoms with Crippen LogP contribution < -0.4 is 5.48 Å². The molecule has 27 heavy (non-hydrogen) atoms. The van der Waals surface area contributed by atoms with Crippen molar-refractivity contribution in [2.45, 2.75) is 46.3 Å². The number of furan rings is 1. The molecule has 1 aliphatic heterocycles. The van der Waals surface area contributed by atoms with Crippen molar-refractivity contribution < 1.29 is 23.3 Å². The molecule has 142 valence electrons. The fourth-order valence-electron chi connectivity index (χ4n) is 3.28. The van der Waals surface area contributed by atoms with E-state index >= 15 is 0 Å². The molecule has 1 saturated heterocycles. The van der Waals surface area contributed by atoms with E-state index in [1.165, 1.54) is 0 Å². The van der Waals surface area contributed by atoms with Crippen LogP contribution in [-0.2, 0) is 9.57 Å². The van der Waals surface area contributed by atoms with Crippen molar-refractivity contribution in [2.75, 3.05) is 6.61 Å². The van der Waals surface area contributed by atoms with E-state index in [0.29, 0.717) is 40.4 Å². The van der Waals surface area contributed by atoms with Crippen LogP contribution in [0.3, 0.4) is 0 Å². The number of fused-ring (bicyclic) bond motifs is 1. The van der Waals surface area contributed by atoms with Crippen molar-refractivity contribution in [2.24, 2.45) is 0 Å². The monoisotopic (exact) mass is 371 g/mol. The first-order chi connectivity index (χ1) is 13.0. The van der Waals surface area contributed by atoms with Gasteiger partial charge in [-0.25, -0.2) is 15.3 Å². The molecule has 0 spiro atoms. The summed E-state index contributed by atoms with van der Waals surface area (Å²) in [6, 6.07) is 3.57. The summed E-state index contributed by atoms with van der Waals surface area (Å²) in [4.78, 5) is 22.7. The minimum absolute atomic E-state index is 0.294. The molecule has 0 radical (unpaired) electrons. The first kappa shape index (κ1) is 17.7. The molecule has 1 amide bonds. The Bertz CT molecular complexity index is 985. The zero-order valence-corrected chi connectivity index (χ0v) is 15.5. The van der Waals surface area contributed by atoms with Crippen LogP contribution in [0.1, 0.15) is 46.8 Å². The average molecular weight is 371 g/mol. The number of ether oxygens (including phenoxy) is 1. The molecular formula is C19H21N3O5. The largest absolute Gasteiger partial charge is 0.466 e. The van der Waals surface area contributed by atoms with Gasteiger partial charge >= 0.3 is 0 Å². The number of hydrogen-bond acceptors (Lipinski definition) is 7. The van der Waals surface area contributed by atoms with Crippen LogP contribution in [0.4, 0.5) is 0 Å². The van der Waals surface area contributed by atoms with Gasteiger partial charge in [0.2, 0.25) is 0 Å². The maximum atomic E-state index is 12.8. The normalized spacial score (nSPS) is 17.4. The zero-order valence-electron chi connectivity index (χ0n) is 15.5. The summed E-state index contributed by atoms with van der Waals surface area (Å²) in [5.74, 6) is 1.08. The van der Waals surface area contributed by atoms with E-state index in [1.807, 2.05) is 19.9 Å². The fraction of sp³-hybridized carbons (Fsp3) is 0.421. The van der Waals surface area contributed by atoms with Gasteiger partial charge in [-0.15, -0.1) is 0 Å². The Balaban J connectivity index is 1.68. The first-order valence-electron chi connectivity index (χ1n) is 8.95. The third-order valence-electron chi connectivity index (χ3n) is 4.60. The second-order valence-electron chi connectivity index (χ2n) is 6.68. The van der Waals surface area contributed by atoms with Gasteiger partial charge in [-0.1, -0.05) is 5.16 Å². The predicted octanol–water partition coefficient (Wildman–Crippen LogP) is 3.60. The lowest BCUT2D eigenvalue weighted by molar-refractivity contribution is -0.186. The number of nitrogens with one attached hydrogen (secondary N) is 1. The number of aryl methyl sites for hydroxylation is 3. The first-order valence-corrected chi connectivity index (χ1v) is 8.95. The highest BCUT2D eigenvalue weighted by atomic mass is 16.8. The summed E-state index contributed by atoms with van der Waals surface area (Å²) in [5.41, 5.74) is 5.13. The van der Waals surface area contributed by atoms with Crippen LogP contribution in [0.5, 0.6) is 0 Å². The molecule has 1 fully saturated rings. The molecule has 4 heterocycles. The molecule has 3 aromatic heterocycles. The van der Waals surface area contributed by atoms with Gasteiger partial charge < -0.3 is 13.7 Å². The Labute approximate surface area is 155 Å². The Morgan fingerprint density at radius 2 is 2.11 bits per heavy atom. The molecule has 0 bridgehead atoms. The van der Waals surface area contributed by atoms with E-state index in [1.54, 1.807) is 13.0 Å². The number of carbonyl (C=O) groups excluding carboxylic acids is 1. The highest BCUT2D eigenvalue weighted by Crippen LogP contribution is 2.30. The lowest BCUT2D eigenvalue weighted by Gasteiger charge is -2.22. The van der Waals surface area contributed by atoms with Crippen LogP contribution >= 0.6 is 0 Å². The van der Waals surface area contributed by atoms with Crippen LogP contribution in [0.25, 0.3) is 22.4 Å². The summed E-state index contributed by atoms with van der Waals surface area (Å²) >= 11 is 0. The standard InChI is InChI=1S/C19H21N3O5/c1-10-8-13(12(3)25-10)15-9-14(17-11(2)21-27-19(17)20-15)18(23)22-26-16-6-4-5-7-24-16/h8-9,16H,4-7H2,1-3H3,(H,22,23). The van der Waals surface area contributed by atoms with Crippen molar-refractivity contribution in [3.05, 3.63) is 34.9 Å². The molecule has 8 heteroatoms. The quantitative estimate of drug-likeness (QED) is 0.700. The van der Waals surface area contributed by atoms with Gasteiger partial charge in [-0.3, -0.25) is 4.79 Å². The predicted molar refractivity (Wildman–Crippen MR) is 95.9 cm³/mol. The molecule has 0 aliphatic carbocycles. The summed E-state index contributed by atoms with van der Waals surface area (Å²) < 4.78 is 16.4. The topological polar surface area (TPSA) is 99.6 Å². The molecule has 8 nitrogen and oxygen atoms in total. The lowest BCUT2D eigenvalue weighted by atomic mass is 10.1. The van der Waals surface area contributed by atoms with Gasteiger partial charge in [0.1, 0.15) is 11.5 Å². The number of aromatic nitrogens is 2. The van der Waals surface area contributed by atoms with Gasteiger partial charge in [0, 0.05) is 18.6 Å². The van der Waals surface area contributed by atoms with Crippen molar-refractivity contribution in [1.29, 1.82) is 0 Å². The van der Waals surface area contributed by atoms with Gasteiger partial charge in [0.15, 0.2) is 6.29 Å². The maximum Gasteiger partial charge on any atom is 0.275 e. The molecule has 1 aliphatic rings. The summed E-state index contributed by atoms with van der Waals surface area (Å²) in [6.45, 7) is 6.11.